The number of carbonyl (C=O) groups is 2. The standard InChI is InChI=1S/C20H22N2O2/c1-15(23)16-7-9-19(10-8-16)22-13-11-17(12-14-22)20(24)21-18-5-3-2-4-6-18/h2-10,17H,11-14H2,1H3,(H,21,24). The molecular weight excluding hydrogens is 300 g/mol. The highest BCUT2D eigenvalue weighted by atomic mass is 16.2. The number of hydrogen-bond acceptors (Lipinski definition) is 3. The van der Waals surface area contributed by atoms with Crippen molar-refractivity contribution in [1.29, 1.82) is 0 Å². The van der Waals surface area contributed by atoms with E-state index in [9.17, 15) is 9.59 Å². The molecule has 0 aliphatic carbocycles. The summed E-state index contributed by atoms with van der Waals surface area (Å²) < 4.78 is 0. The molecule has 0 spiro atoms. The van der Waals surface area contributed by atoms with Gasteiger partial charge in [0.25, 0.3) is 0 Å². The predicted octanol–water partition coefficient (Wildman–Crippen LogP) is 3.74. The number of piperidine rings is 1. The Bertz CT molecular complexity index is 702. The molecular formula is C20H22N2O2. The molecule has 0 atom stereocenters. The Balaban J connectivity index is 1.55. The second kappa shape index (κ2) is 7.30. The van der Waals surface area contributed by atoms with Crippen LogP contribution in [0.1, 0.15) is 30.1 Å². The molecule has 1 amide bonds. The summed E-state index contributed by atoms with van der Waals surface area (Å²) in [6, 6.07) is 17.3. The van der Waals surface area contributed by atoms with E-state index in [1.165, 1.54) is 0 Å². The van der Waals surface area contributed by atoms with Crippen LogP contribution in [0.25, 0.3) is 0 Å². The maximum Gasteiger partial charge on any atom is 0.227 e. The summed E-state index contributed by atoms with van der Waals surface area (Å²) in [6.07, 6.45) is 1.68. The number of Topliss-reactive ketones (excluding diaryl/α,β-unsaturated/α-hetero) is 1. The van der Waals surface area contributed by atoms with Crippen LogP contribution in [0, 0.1) is 5.92 Å². The molecule has 4 nitrogen and oxygen atoms in total. The highest BCUT2D eigenvalue weighted by molar-refractivity contribution is 5.94. The second-order valence-corrected chi connectivity index (χ2v) is 6.22. The van der Waals surface area contributed by atoms with Gasteiger partial charge in [0.1, 0.15) is 0 Å². The molecule has 1 heterocycles. The van der Waals surface area contributed by atoms with E-state index < -0.39 is 0 Å². The van der Waals surface area contributed by atoms with E-state index in [0.29, 0.717) is 0 Å². The van der Waals surface area contributed by atoms with Crippen LogP contribution in [0.4, 0.5) is 11.4 Å². The molecule has 1 fully saturated rings. The van der Waals surface area contributed by atoms with E-state index in [2.05, 4.69) is 10.2 Å². The molecule has 24 heavy (non-hydrogen) atoms. The number of hydrogen-bond donors (Lipinski definition) is 1. The zero-order valence-electron chi connectivity index (χ0n) is 13.9. The summed E-state index contributed by atoms with van der Waals surface area (Å²) in [7, 11) is 0. The van der Waals surface area contributed by atoms with Crippen molar-refractivity contribution in [3.05, 3.63) is 60.2 Å². The maximum atomic E-state index is 12.4. The van der Waals surface area contributed by atoms with Gasteiger partial charge in [-0.15, -0.1) is 0 Å². The van der Waals surface area contributed by atoms with Gasteiger partial charge >= 0.3 is 0 Å². The van der Waals surface area contributed by atoms with Gasteiger partial charge < -0.3 is 10.2 Å². The molecule has 2 aromatic rings. The molecule has 1 N–H and O–H groups in total. The normalized spacial score (nSPS) is 15.1. The highest BCUT2D eigenvalue weighted by Gasteiger charge is 2.25. The van der Waals surface area contributed by atoms with Crippen LogP contribution in [0.5, 0.6) is 0 Å². The Morgan fingerprint density at radius 3 is 2.17 bits per heavy atom. The number of anilines is 2. The first-order valence-corrected chi connectivity index (χ1v) is 8.35. The number of nitrogens with zero attached hydrogens (tertiary/aromatic N) is 1. The molecule has 0 bridgehead atoms. The number of carbonyl (C=O) groups excluding carboxylic acids is 2. The van der Waals surface area contributed by atoms with E-state index in [1.54, 1.807) is 6.92 Å². The van der Waals surface area contributed by atoms with E-state index in [1.807, 2.05) is 54.6 Å². The smallest absolute Gasteiger partial charge is 0.227 e. The Labute approximate surface area is 142 Å². The molecule has 4 heteroatoms. The third-order valence-electron chi connectivity index (χ3n) is 4.55. The van der Waals surface area contributed by atoms with Crippen LogP contribution in [-0.4, -0.2) is 24.8 Å². The summed E-state index contributed by atoms with van der Waals surface area (Å²) in [4.78, 5) is 26.0. The fraction of sp³-hybridized carbons (Fsp3) is 0.300. The number of ketones is 1. The molecule has 1 aliphatic rings. The summed E-state index contributed by atoms with van der Waals surface area (Å²) in [5.74, 6) is 0.239. The maximum absolute atomic E-state index is 12.4. The van der Waals surface area contributed by atoms with Crippen molar-refractivity contribution >= 4 is 23.1 Å². The predicted molar refractivity (Wildman–Crippen MR) is 96.5 cm³/mol. The zero-order chi connectivity index (χ0) is 16.9. The zero-order valence-corrected chi connectivity index (χ0v) is 13.9. The number of benzene rings is 2. The topological polar surface area (TPSA) is 49.4 Å². The highest BCUT2D eigenvalue weighted by Crippen LogP contribution is 2.24. The van der Waals surface area contributed by atoms with Crippen molar-refractivity contribution in [3.8, 4) is 0 Å². The lowest BCUT2D eigenvalue weighted by atomic mass is 9.95. The fourth-order valence-electron chi connectivity index (χ4n) is 3.07. The van der Waals surface area contributed by atoms with Crippen LogP contribution in [0.2, 0.25) is 0 Å². The van der Waals surface area contributed by atoms with Gasteiger partial charge in [-0.25, -0.2) is 0 Å². The minimum absolute atomic E-state index is 0.0537. The third-order valence-corrected chi connectivity index (χ3v) is 4.55. The van der Waals surface area contributed by atoms with Gasteiger partial charge in [0, 0.05) is 35.9 Å². The van der Waals surface area contributed by atoms with Crippen molar-refractivity contribution in [2.24, 2.45) is 5.92 Å². The van der Waals surface area contributed by atoms with Gasteiger partial charge in [0.2, 0.25) is 5.91 Å². The minimum atomic E-state index is 0.0537. The molecule has 0 unspecified atom stereocenters. The Morgan fingerprint density at radius 2 is 1.58 bits per heavy atom. The summed E-state index contributed by atoms with van der Waals surface area (Å²) >= 11 is 0. The van der Waals surface area contributed by atoms with Gasteiger partial charge in [-0.3, -0.25) is 9.59 Å². The third kappa shape index (κ3) is 3.82. The fourth-order valence-corrected chi connectivity index (χ4v) is 3.07. The van der Waals surface area contributed by atoms with Crippen LogP contribution in [-0.2, 0) is 4.79 Å². The quantitative estimate of drug-likeness (QED) is 0.872. The van der Waals surface area contributed by atoms with E-state index in [-0.39, 0.29) is 17.6 Å². The van der Waals surface area contributed by atoms with Gasteiger partial charge in [0.05, 0.1) is 0 Å². The van der Waals surface area contributed by atoms with Gasteiger partial charge in [-0.1, -0.05) is 18.2 Å². The van der Waals surface area contributed by atoms with Crippen LogP contribution in [0.15, 0.2) is 54.6 Å². The van der Waals surface area contributed by atoms with E-state index in [0.717, 1.165) is 42.9 Å². The van der Waals surface area contributed by atoms with Crippen molar-refractivity contribution in [2.75, 3.05) is 23.3 Å². The van der Waals surface area contributed by atoms with Crippen LogP contribution >= 0.6 is 0 Å². The summed E-state index contributed by atoms with van der Waals surface area (Å²) in [5, 5.41) is 2.99. The Hall–Kier alpha value is -2.62. The van der Waals surface area contributed by atoms with E-state index in [4.69, 9.17) is 0 Å². The lowest BCUT2D eigenvalue weighted by Crippen LogP contribution is -2.38. The Morgan fingerprint density at radius 1 is 0.958 bits per heavy atom. The molecule has 0 aromatic heterocycles. The molecule has 1 saturated heterocycles. The molecule has 0 radical (unpaired) electrons. The average Bonchev–Trinajstić information content (AvgIpc) is 2.63. The van der Waals surface area contributed by atoms with Gasteiger partial charge in [-0.2, -0.15) is 0 Å². The first kappa shape index (κ1) is 16.2. The number of amides is 1. The first-order valence-electron chi connectivity index (χ1n) is 8.35. The largest absolute Gasteiger partial charge is 0.371 e. The molecule has 3 rings (SSSR count). The van der Waals surface area contributed by atoms with Crippen LogP contribution < -0.4 is 10.2 Å². The molecule has 1 aliphatic heterocycles. The number of rotatable bonds is 4. The van der Waals surface area contributed by atoms with Gasteiger partial charge in [-0.05, 0) is 56.2 Å². The van der Waals surface area contributed by atoms with E-state index >= 15 is 0 Å². The summed E-state index contributed by atoms with van der Waals surface area (Å²) in [5.41, 5.74) is 2.70. The van der Waals surface area contributed by atoms with Gasteiger partial charge in [0.15, 0.2) is 5.78 Å². The second-order valence-electron chi connectivity index (χ2n) is 6.22. The number of nitrogens with one attached hydrogen (secondary N) is 1. The van der Waals surface area contributed by atoms with Crippen molar-refractivity contribution in [1.82, 2.24) is 0 Å². The average molecular weight is 322 g/mol. The lowest BCUT2D eigenvalue weighted by Gasteiger charge is -2.33. The first-order chi connectivity index (χ1) is 11.6. The van der Waals surface area contributed by atoms with Crippen LogP contribution in [0.3, 0.4) is 0 Å². The monoisotopic (exact) mass is 322 g/mol. The minimum Gasteiger partial charge on any atom is -0.371 e. The molecule has 124 valence electrons. The van der Waals surface area contributed by atoms with Crippen molar-refractivity contribution in [3.63, 3.8) is 0 Å². The Kier molecular flexibility index (Phi) is 4.94. The SMILES string of the molecule is CC(=O)c1ccc(N2CCC(C(=O)Nc3ccccc3)CC2)cc1. The molecule has 0 saturated carbocycles. The van der Waals surface area contributed by atoms with Crippen molar-refractivity contribution < 1.29 is 9.59 Å². The van der Waals surface area contributed by atoms with Crippen molar-refractivity contribution in [2.45, 2.75) is 19.8 Å². The summed E-state index contributed by atoms with van der Waals surface area (Å²) in [6.45, 7) is 3.28. The molecule has 2 aromatic carbocycles. The number of para-hydroxylation sites is 1. The lowest BCUT2D eigenvalue weighted by molar-refractivity contribution is -0.120.